The normalized spacial score (nSPS) is 28.8. The highest BCUT2D eigenvalue weighted by Crippen LogP contribution is 2.26. The highest BCUT2D eigenvalue weighted by atomic mass is 35.5. The van der Waals surface area contributed by atoms with E-state index in [9.17, 15) is 4.79 Å². The zero-order valence-corrected chi connectivity index (χ0v) is 13.2. The number of amides is 1. The van der Waals surface area contributed by atoms with E-state index < -0.39 is 0 Å². The van der Waals surface area contributed by atoms with Gasteiger partial charge in [0.05, 0.1) is 19.3 Å². The fraction of sp³-hybridized carbons (Fsp3) is 0.562. The molecule has 5 nitrogen and oxygen atoms in total. The summed E-state index contributed by atoms with van der Waals surface area (Å²) in [5.41, 5.74) is 6.64. The predicted octanol–water partition coefficient (Wildman–Crippen LogP) is 1.75. The first kappa shape index (κ1) is 15.7. The molecule has 2 N–H and O–H groups in total. The maximum absolute atomic E-state index is 12.6. The lowest BCUT2D eigenvalue weighted by Gasteiger charge is -2.34. The number of carbonyl (C=O) groups is 1. The number of nitrogens with two attached hydrogens (primary N) is 1. The van der Waals surface area contributed by atoms with Gasteiger partial charge < -0.3 is 20.1 Å². The van der Waals surface area contributed by atoms with E-state index in [1.54, 1.807) is 0 Å². The van der Waals surface area contributed by atoms with Crippen LogP contribution in [0.1, 0.15) is 24.5 Å². The molecule has 0 spiro atoms. The molecule has 3 atom stereocenters. The van der Waals surface area contributed by atoms with Crippen LogP contribution in [0.3, 0.4) is 0 Å². The minimum Gasteiger partial charge on any atom is -0.370 e. The summed E-state index contributed by atoms with van der Waals surface area (Å²) in [4.78, 5) is 14.4. The Morgan fingerprint density at radius 3 is 2.77 bits per heavy atom. The highest BCUT2D eigenvalue weighted by molar-refractivity contribution is 6.30. The lowest BCUT2D eigenvalue weighted by atomic mass is 10.1. The molecule has 1 amide bonds. The van der Waals surface area contributed by atoms with E-state index in [-0.39, 0.29) is 24.2 Å². The summed E-state index contributed by atoms with van der Waals surface area (Å²) in [5.74, 6) is 0.0539. The molecule has 2 heterocycles. The molecule has 2 aliphatic heterocycles. The van der Waals surface area contributed by atoms with Crippen molar-refractivity contribution in [3.8, 4) is 0 Å². The Kier molecular flexibility index (Phi) is 4.98. The van der Waals surface area contributed by atoms with Gasteiger partial charge in [0.15, 0.2) is 0 Å². The van der Waals surface area contributed by atoms with Gasteiger partial charge in [-0.2, -0.15) is 0 Å². The summed E-state index contributed by atoms with van der Waals surface area (Å²) in [6.45, 7) is 2.16. The lowest BCUT2D eigenvalue weighted by molar-refractivity contribution is -0.150. The largest absolute Gasteiger partial charge is 0.370 e. The van der Waals surface area contributed by atoms with Crippen molar-refractivity contribution in [2.24, 2.45) is 5.73 Å². The first-order valence-corrected chi connectivity index (χ1v) is 8.06. The Labute approximate surface area is 135 Å². The van der Waals surface area contributed by atoms with Gasteiger partial charge >= 0.3 is 0 Å². The van der Waals surface area contributed by atoms with Crippen LogP contribution >= 0.6 is 11.6 Å². The van der Waals surface area contributed by atoms with Crippen LogP contribution in [0.25, 0.3) is 0 Å². The fourth-order valence-electron chi connectivity index (χ4n) is 2.99. The van der Waals surface area contributed by atoms with Gasteiger partial charge in [0.25, 0.3) is 5.91 Å². The molecule has 6 heteroatoms. The maximum Gasteiger partial charge on any atom is 0.251 e. The van der Waals surface area contributed by atoms with Crippen molar-refractivity contribution < 1.29 is 14.3 Å². The Morgan fingerprint density at radius 2 is 2.09 bits per heavy atom. The van der Waals surface area contributed by atoms with Crippen LogP contribution in [-0.4, -0.2) is 49.3 Å². The Hall–Kier alpha value is -1.14. The summed E-state index contributed by atoms with van der Waals surface area (Å²) in [5, 5.41) is 0.694. The number of rotatable bonds is 3. The third kappa shape index (κ3) is 3.43. The van der Waals surface area contributed by atoms with E-state index in [1.807, 2.05) is 29.2 Å². The molecule has 22 heavy (non-hydrogen) atoms. The SMILES string of the molecule is NC[C@H]1CC[C@@H](C(=O)N2CCOC(c3ccc(Cl)cc3)C2)O1. The number of hydrogen-bond donors (Lipinski definition) is 1. The van der Waals surface area contributed by atoms with Gasteiger partial charge in [0.2, 0.25) is 0 Å². The van der Waals surface area contributed by atoms with Gasteiger partial charge in [-0.1, -0.05) is 23.7 Å². The minimum absolute atomic E-state index is 0.0158. The Morgan fingerprint density at radius 1 is 1.32 bits per heavy atom. The lowest BCUT2D eigenvalue weighted by Crippen LogP contribution is -2.46. The van der Waals surface area contributed by atoms with Gasteiger partial charge in [-0.25, -0.2) is 0 Å². The number of morpholine rings is 1. The van der Waals surface area contributed by atoms with Crippen LogP contribution < -0.4 is 5.73 Å². The van der Waals surface area contributed by atoms with Crippen LogP contribution in [0.15, 0.2) is 24.3 Å². The standard InChI is InChI=1S/C16H21ClN2O3/c17-12-3-1-11(2-4-12)15-10-19(7-8-21-15)16(20)14-6-5-13(9-18)22-14/h1-4,13-15H,5-10,18H2/t13-,14+,15?/m1/s1. The van der Waals surface area contributed by atoms with Crippen LogP contribution in [-0.2, 0) is 14.3 Å². The molecule has 0 aliphatic carbocycles. The van der Waals surface area contributed by atoms with E-state index in [2.05, 4.69) is 0 Å². The first-order chi connectivity index (χ1) is 10.7. The molecule has 1 unspecified atom stereocenters. The average Bonchev–Trinajstić information content (AvgIpc) is 3.04. The fourth-order valence-corrected chi connectivity index (χ4v) is 3.12. The quantitative estimate of drug-likeness (QED) is 0.920. The number of nitrogens with zero attached hydrogens (tertiary/aromatic N) is 1. The second-order valence-electron chi connectivity index (χ2n) is 5.76. The second kappa shape index (κ2) is 6.96. The molecule has 2 fully saturated rings. The molecule has 3 rings (SSSR count). The van der Waals surface area contributed by atoms with E-state index >= 15 is 0 Å². The third-order valence-corrected chi connectivity index (χ3v) is 4.52. The topological polar surface area (TPSA) is 64.8 Å². The van der Waals surface area contributed by atoms with Crippen molar-refractivity contribution in [1.82, 2.24) is 4.90 Å². The van der Waals surface area contributed by atoms with Gasteiger partial charge in [0.1, 0.15) is 12.2 Å². The second-order valence-corrected chi connectivity index (χ2v) is 6.19. The first-order valence-electron chi connectivity index (χ1n) is 7.68. The third-order valence-electron chi connectivity index (χ3n) is 4.27. The van der Waals surface area contributed by atoms with E-state index in [0.29, 0.717) is 31.3 Å². The summed E-state index contributed by atoms with van der Waals surface area (Å²) >= 11 is 5.91. The summed E-state index contributed by atoms with van der Waals surface area (Å²) < 4.78 is 11.5. The van der Waals surface area contributed by atoms with Gasteiger partial charge in [-0.05, 0) is 30.5 Å². The monoisotopic (exact) mass is 324 g/mol. The molecular formula is C16H21ClN2O3. The predicted molar refractivity (Wildman–Crippen MR) is 83.7 cm³/mol. The molecule has 120 valence electrons. The van der Waals surface area contributed by atoms with Crippen LogP contribution in [0, 0.1) is 0 Å². The number of benzene rings is 1. The average molecular weight is 325 g/mol. The zero-order chi connectivity index (χ0) is 15.5. The molecular weight excluding hydrogens is 304 g/mol. The van der Waals surface area contributed by atoms with Crippen molar-refractivity contribution in [3.05, 3.63) is 34.9 Å². The van der Waals surface area contributed by atoms with Crippen molar-refractivity contribution in [1.29, 1.82) is 0 Å². The molecule has 1 aromatic rings. The Balaban J connectivity index is 1.63. The van der Waals surface area contributed by atoms with E-state index in [0.717, 1.165) is 18.4 Å². The molecule has 2 aliphatic rings. The number of carbonyl (C=O) groups excluding carboxylic acids is 1. The van der Waals surface area contributed by atoms with Crippen LogP contribution in [0.5, 0.6) is 0 Å². The van der Waals surface area contributed by atoms with Crippen molar-refractivity contribution in [3.63, 3.8) is 0 Å². The summed E-state index contributed by atoms with van der Waals surface area (Å²) in [6, 6.07) is 7.56. The van der Waals surface area contributed by atoms with Crippen molar-refractivity contribution in [2.45, 2.75) is 31.2 Å². The molecule has 0 bridgehead atoms. The smallest absolute Gasteiger partial charge is 0.251 e. The molecule has 2 saturated heterocycles. The van der Waals surface area contributed by atoms with E-state index in [1.165, 1.54) is 0 Å². The molecule has 0 saturated carbocycles. The molecule has 1 aromatic carbocycles. The number of ether oxygens (including phenoxy) is 2. The van der Waals surface area contributed by atoms with Crippen molar-refractivity contribution >= 4 is 17.5 Å². The highest BCUT2D eigenvalue weighted by Gasteiger charge is 2.35. The van der Waals surface area contributed by atoms with Gasteiger partial charge in [-0.15, -0.1) is 0 Å². The van der Waals surface area contributed by atoms with Gasteiger partial charge in [0, 0.05) is 18.1 Å². The maximum atomic E-state index is 12.6. The summed E-state index contributed by atoms with van der Waals surface area (Å²) in [7, 11) is 0. The number of halogens is 1. The van der Waals surface area contributed by atoms with Crippen LogP contribution in [0.2, 0.25) is 5.02 Å². The molecule has 0 radical (unpaired) electrons. The van der Waals surface area contributed by atoms with Gasteiger partial charge in [-0.3, -0.25) is 4.79 Å². The minimum atomic E-state index is -0.350. The zero-order valence-electron chi connectivity index (χ0n) is 12.4. The van der Waals surface area contributed by atoms with Crippen molar-refractivity contribution in [2.75, 3.05) is 26.2 Å². The van der Waals surface area contributed by atoms with E-state index in [4.69, 9.17) is 26.8 Å². The van der Waals surface area contributed by atoms with Crippen LogP contribution in [0.4, 0.5) is 0 Å². The summed E-state index contributed by atoms with van der Waals surface area (Å²) in [6.07, 6.45) is 1.17. The number of hydrogen-bond acceptors (Lipinski definition) is 4. The molecule has 0 aromatic heterocycles. The Bertz CT molecular complexity index is 523.